The molecule has 1 fully saturated rings. The maximum Gasteiger partial charge on any atom is 0.261 e. The standard InChI is InChI=1S/C24H32O4Si/c1-24(2,3)29(22-10-6-4-7-11-22,23-12-8-5-9-13-23)27-18-21-17-19(26)16-20(28-21)14-15-25/h4-13,20-21,25H,14-18H2,1-3H3/t20-,21-/m0/s1. The zero-order valence-electron chi connectivity index (χ0n) is 17.6. The Kier molecular flexibility index (Phi) is 7.06. The van der Waals surface area contributed by atoms with Crippen LogP contribution < -0.4 is 10.4 Å². The lowest BCUT2D eigenvalue weighted by atomic mass is 10.0. The van der Waals surface area contributed by atoms with Gasteiger partial charge in [-0.15, -0.1) is 0 Å². The molecule has 1 saturated heterocycles. The molecule has 5 heteroatoms. The van der Waals surface area contributed by atoms with Gasteiger partial charge in [-0.1, -0.05) is 81.4 Å². The minimum atomic E-state index is -2.64. The normalized spacial score (nSPS) is 20.6. The largest absolute Gasteiger partial charge is 0.405 e. The number of carbonyl (C=O) groups excluding carboxylic acids is 1. The Labute approximate surface area is 175 Å². The topological polar surface area (TPSA) is 55.8 Å². The molecule has 0 aliphatic carbocycles. The average Bonchev–Trinajstić information content (AvgIpc) is 2.69. The van der Waals surface area contributed by atoms with Crippen LogP contribution in [0.3, 0.4) is 0 Å². The fourth-order valence-corrected chi connectivity index (χ4v) is 8.94. The van der Waals surface area contributed by atoms with E-state index in [2.05, 4.69) is 69.3 Å². The third-order valence-corrected chi connectivity index (χ3v) is 10.7. The van der Waals surface area contributed by atoms with Crippen LogP contribution in [0.5, 0.6) is 0 Å². The highest BCUT2D eigenvalue weighted by atomic mass is 28.4. The van der Waals surface area contributed by atoms with Gasteiger partial charge in [-0.25, -0.2) is 0 Å². The van der Waals surface area contributed by atoms with Gasteiger partial charge in [-0.05, 0) is 21.8 Å². The Morgan fingerprint density at radius 3 is 1.97 bits per heavy atom. The maximum absolute atomic E-state index is 12.2. The Hall–Kier alpha value is -1.79. The van der Waals surface area contributed by atoms with Crippen molar-refractivity contribution in [2.45, 2.75) is 57.3 Å². The van der Waals surface area contributed by atoms with Crippen molar-refractivity contribution >= 4 is 24.5 Å². The molecule has 1 aliphatic heterocycles. The summed E-state index contributed by atoms with van der Waals surface area (Å²) >= 11 is 0. The fourth-order valence-electron chi connectivity index (χ4n) is 4.35. The van der Waals surface area contributed by atoms with Gasteiger partial charge in [0, 0.05) is 19.4 Å². The van der Waals surface area contributed by atoms with Crippen LogP contribution in [0.1, 0.15) is 40.0 Å². The van der Waals surface area contributed by atoms with Gasteiger partial charge < -0.3 is 14.3 Å². The van der Waals surface area contributed by atoms with Gasteiger partial charge in [0.25, 0.3) is 8.32 Å². The van der Waals surface area contributed by atoms with E-state index in [-0.39, 0.29) is 29.6 Å². The quantitative estimate of drug-likeness (QED) is 0.710. The predicted octanol–water partition coefficient (Wildman–Crippen LogP) is 3.06. The second-order valence-electron chi connectivity index (χ2n) is 8.81. The molecule has 0 aromatic heterocycles. The number of hydrogen-bond donors (Lipinski definition) is 1. The molecule has 2 atom stereocenters. The van der Waals surface area contributed by atoms with E-state index in [0.717, 1.165) is 0 Å². The minimum Gasteiger partial charge on any atom is -0.405 e. The lowest BCUT2D eigenvalue weighted by Gasteiger charge is -2.44. The second kappa shape index (κ2) is 9.35. The van der Waals surface area contributed by atoms with Crippen molar-refractivity contribution in [2.24, 2.45) is 0 Å². The van der Waals surface area contributed by atoms with E-state index in [9.17, 15) is 9.90 Å². The summed E-state index contributed by atoms with van der Waals surface area (Å²) in [6.45, 7) is 7.11. The molecule has 1 heterocycles. The Morgan fingerprint density at radius 1 is 0.966 bits per heavy atom. The van der Waals surface area contributed by atoms with Crippen LogP contribution in [0, 0.1) is 0 Å². The first-order chi connectivity index (χ1) is 13.9. The molecule has 0 amide bonds. The Bertz CT molecular complexity index is 746. The molecule has 1 aliphatic rings. The molecule has 0 unspecified atom stereocenters. The van der Waals surface area contributed by atoms with Gasteiger partial charge >= 0.3 is 0 Å². The summed E-state index contributed by atoms with van der Waals surface area (Å²) in [7, 11) is -2.64. The van der Waals surface area contributed by atoms with E-state index in [4.69, 9.17) is 9.16 Å². The number of ether oxygens (including phenoxy) is 1. The third kappa shape index (κ3) is 4.86. The summed E-state index contributed by atoms with van der Waals surface area (Å²) in [6.07, 6.45) is 0.765. The molecule has 4 nitrogen and oxygen atoms in total. The first-order valence-corrected chi connectivity index (χ1v) is 12.3. The van der Waals surface area contributed by atoms with Crippen molar-refractivity contribution < 1.29 is 19.1 Å². The number of Topliss-reactive ketones (excluding diaryl/α,β-unsaturated/α-hetero) is 1. The zero-order chi connectivity index (χ0) is 20.9. The number of rotatable bonds is 7. The number of benzene rings is 2. The van der Waals surface area contributed by atoms with Gasteiger partial charge in [-0.3, -0.25) is 4.79 Å². The van der Waals surface area contributed by atoms with E-state index in [1.54, 1.807) is 0 Å². The van der Waals surface area contributed by atoms with E-state index in [1.165, 1.54) is 10.4 Å². The van der Waals surface area contributed by atoms with Crippen LogP contribution in [0.15, 0.2) is 60.7 Å². The molecular weight excluding hydrogens is 380 g/mol. The lowest BCUT2D eigenvalue weighted by Crippen LogP contribution is -2.67. The van der Waals surface area contributed by atoms with Gasteiger partial charge in [0.15, 0.2) is 0 Å². The van der Waals surface area contributed by atoms with Crippen LogP contribution in [0.25, 0.3) is 0 Å². The van der Waals surface area contributed by atoms with E-state index in [1.807, 2.05) is 12.1 Å². The highest BCUT2D eigenvalue weighted by Crippen LogP contribution is 2.37. The SMILES string of the molecule is CC(C)(C)[Si](OC[C@@H]1CC(=O)C[C@H](CCO)O1)(c1ccccc1)c1ccccc1. The molecule has 156 valence electrons. The van der Waals surface area contributed by atoms with Crippen LogP contribution in [-0.4, -0.2) is 44.6 Å². The number of ketones is 1. The van der Waals surface area contributed by atoms with Gasteiger partial charge in [-0.2, -0.15) is 0 Å². The number of aliphatic hydroxyl groups is 1. The first kappa shape index (κ1) is 21.9. The lowest BCUT2D eigenvalue weighted by molar-refractivity contribution is -0.139. The summed E-state index contributed by atoms with van der Waals surface area (Å²) in [5, 5.41) is 11.6. The molecule has 0 spiro atoms. The summed E-state index contributed by atoms with van der Waals surface area (Å²) in [5.41, 5.74) is 0. The number of aliphatic hydroxyl groups excluding tert-OH is 1. The van der Waals surface area contributed by atoms with Crippen LogP contribution in [0.2, 0.25) is 5.04 Å². The molecule has 2 aromatic carbocycles. The molecule has 0 bridgehead atoms. The summed E-state index contributed by atoms with van der Waals surface area (Å²) in [5.74, 6) is 0.186. The third-order valence-electron chi connectivity index (χ3n) is 5.65. The van der Waals surface area contributed by atoms with Crippen molar-refractivity contribution in [1.82, 2.24) is 0 Å². The molecule has 0 radical (unpaired) electrons. The number of hydrogen-bond acceptors (Lipinski definition) is 4. The first-order valence-electron chi connectivity index (χ1n) is 10.4. The Balaban J connectivity index is 1.95. The molecule has 0 saturated carbocycles. The van der Waals surface area contributed by atoms with Crippen molar-refractivity contribution in [3.63, 3.8) is 0 Å². The predicted molar refractivity (Wildman–Crippen MR) is 118 cm³/mol. The second-order valence-corrected chi connectivity index (χ2v) is 13.1. The average molecular weight is 413 g/mol. The highest BCUT2D eigenvalue weighted by molar-refractivity contribution is 6.99. The van der Waals surface area contributed by atoms with Crippen LogP contribution in [0.4, 0.5) is 0 Å². The maximum atomic E-state index is 12.2. The van der Waals surface area contributed by atoms with Gasteiger partial charge in [0.05, 0.1) is 18.8 Å². The van der Waals surface area contributed by atoms with E-state index < -0.39 is 8.32 Å². The zero-order valence-corrected chi connectivity index (χ0v) is 18.6. The monoisotopic (exact) mass is 412 g/mol. The van der Waals surface area contributed by atoms with Gasteiger partial charge in [0.2, 0.25) is 0 Å². The molecule has 1 N–H and O–H groups in total. The molecule has 3 rings (SSSR count). The van der Waals surface area contributed by atoms with Crippen molar-refractivity contribution in [3.8, 4) is 0 Å². The van der Waals surface area contributed by atoms with Crippen molar-refractivity contribution in [2.75, 3.05) is 13.2 Å². The van der Waals surface area contributed by atoms with Crippen LogP contribution >= 0.6 is 0 Å². The highest BCUT2D eigenvalue weighted by Gasteiger charge is 2.50. The molecule has 29 heavy (non-hydrogen) atoms. The summed E-state index contributed by atoms with van der Waals surface area (Å²) in [6, 6.07) is 20.9. The Morgan fingerprint density at radius 2 is 1.48 bits per heavy atom. The summed E-state index contributed by atoms with van der Waals surface area (Å²) < 4.78 is 13.0. The van der Waals surface area contributed by atoms with E-state index >= 15 is 0 Å². The molecule has 2 aromatic rings. The minimum absolute atomic E-state index is 0.0280. The van der Waals surface area contributed by atoms with Crippen molar-refractivity contribution in [3.05, 3.63) is 60.7 Å². The van der Waals surface area contributed by atoms with Gasteiger partial charge in [0.1, 0.15) is 5.78 Å². The van der Waals surface area contributed by atoms with Crippen molar-refractivity contribution in [1.29, 1.82) is 0 Å². The fraction of sp³-hybridized carbons (Fsp3) is 0.458. The number of carbonyl (C=O) groups is 1. The smallest absolute Gasteiger partial charge is 0.261 e. The van der Waals surface area contributed by atoms with Crippen LogP contribution in [-0.2, 0) is 14.0 Å². The van der Waals surface area contributed by atoms with E-state index in [0.29, 0.717) is 25.9 Å². The summed E-state index contributed by atoms with van der Waals surface area (Å²) in [4.78, 5) is 12.2. The molecular formula is C24H32O4Si.